The van der Waals surface area contributed by atoms with Gasteiger partial charge in [0.05, 0.1) is 77.1 Å². The van der Waals surface area contributed by atoms with E-state index in [-0.39, 0.29) is 0 Å². The molecular weight excluding hydrogens is 1910 g/mol. The number of ether oxygens (including phenoxy) is 20. The number of rotatable bonds is 40. The molecule has 10 rings (SSSR count). The molecule has 10 saturated heterocycles. The van der Waals surface area contributed by atoms with Crippen molar-refractivity contribution in [3.63, 3.8) is 0 Å². The van der Waals surface area contributed by atoms with E-state index in [0.29, 0.717) is 0 Å². The molecule has 33 N–H and O–H groups in total. The maximum absolute atomic E-state index is 13.9. The highest BCUT2D eigenvalue weighted by atomic mass is 19.1. The number of hydrogen-bond acceptors (Lipinski definition) is 53. The van der Waals surface area contributed by atoms with Gasteiger partial charge in [-0.15, -0.1) is 0 Å². The number of aliphatic carboxylic acids is 2. The first-order valence-corrected chi connectivity index (χ1v) is 43.7. The first-order valence-electron chi connectivity index (χ1n) is 43.7. The van der Waals surface area contributed by atoms with Crippen LogP contribution < -0.4 is 26.6 Å². The molecule has 0 aromatic carbocycles. The largest absolute Gasteiger partial charge is 0.477 e. The van der Waals surface area contributed by atoms with Gasteiger partial charge < -0.3 is 264 Å². The fourth-order valence-electron chi connectivity index (χ4n) is 17.9. The lowest BCUT2D eigenvalue weighted by molar-refractivity contribution is -0.400. The molecule has 5 amide bonds. The van der Waals surface area contributed by atoms with Crippen LogP contribution >= 0.6 is 0 Å². The fraction of sp³-hybridized carbons (Fsp3) is 0.909. The quantitative estimate of drug-likeness (QED) is 0.0271. The lowest BCUT2D eigenvalue weighted by Gasteiger charge is -2.51. The number of alkyl halides is 2. The Morgan fingerprint density at radius 1 is 0.317 bits per heavy atom. The van der Waals surface area contributed by atoms with Crippen LogP contribution in [0, 0.1) is 0 Å². The number of methoxy groups -OCH3 is 1. The zero-order chi connectivity index (χ0) is 103. The van der Waals surface area contributed by atoms with Gasteiger partial charge in [0.25, 0.3) is 11.6 Å². The minimum absolute atomic E-state index is 0.820. The third-order valence-electron chi connectivity index (χ3n) is 25.0. The molecule has 0 spiro atoms. The van der Waals surface area contributed by atoms with Gasteiger partial charge in [-0.25, -0.2) is 18.4 Å². The smallest absolute Gasteiger partial charge is 0.364 e. The Kier molecular flexibility index (Phi) is 41.2. The van der Waals surface area contributed by atoms with Crippen molar-refractivity contribution < 1.29 is 280 Å². The molecule has 10 fully saturated rings. The summed E-state index contributed by atoms with van der Waals surface area (Å²) in [5, 5.41) is 329. The summed E-state index contributed by atoms with van der Waals surface area (Å²) in [4.78, 5) is 90.1. The summed E-state index contributed by atoms with van der Waals surface area (Å²) in [6.45, 7) is -8.85. The average molecular weight is 2040 g/mol. The molecule has 0 bridgehead atoms. The number of amides is 5. The SMILES string of the molecule is COC1OC(CO)C(OC2OC(COC3OC(CO)C(O)C(O)C3OC3OC(CO)C(OC4OC(CO)C(O)C(OC5(C(=O)O)CC(O)C(NC(C)=O)C([C@H](O)[C@H](O)CF)O5)C4O)C(O)C3NC(C)=O)C(O)C(OC3OC(CO)C(O)C(O)C3OC3OC(CO)C(OC4OC(CO)C(O)C(OC5(C(=O)O)CC(O)C(NC(C)=O)C([C@H](O)[C@H](O)CF)O5)C4O)C(O)C3NC(C)=O)C2O)C(O)C1NC(C)=O. The third kappa shape index (κ3) is 25.4. The van der Waals surface area contributed by atoms with Gasteiger partial charge in [-0.1, -0.05) is 0 Å². The number of aliphatic hydroxyl groups excluding tert-OH is 26. The summed E-state index contributed by atoms with van der Waals surface area (Å²) in [6, 6.07) is -9.52. The van der Waals surface area contributed by atoms with E-state index in [4.69, 9.17) is 94.7 Å². The first kappa shape index (κ1) is 115. The predicted molar refractivity (Wildman–Crippen MR) is 425 cm³/mol. The molecule has 0 saturated carbocycles. The first-order chi connectivity index (χ1) is 65.5. The van der Waals surface area contributed by atoms with Crippen LogP contribution in [-0.4, -0.2) is 576 Å². The number of hydrogen-bond donors (Lipinski definition) is 33. The molecule has 802 valence electrons. The molecule has 10 aliphatic rings. The van der Waals surface area contributed by atoms with Crippen molar-refractivity contribution in [2.45, 2.75) is 365 Å². The van der Waals surface area contributed by atoms with E-state index in [9.17, 15) is 185 Å². The molecule has 60 nitrogen and oxygen atoms in total. The van der Waals surface area contributed by atoms with Crippen LogP contribution in [0.3, 0.4) is 0 Å². The van der Waals surface area contributed by atoms with E-state index in [2.05, 4.69) is 26.6 Å². The highest BCUT2D eigenvalue weighted by Crippen LogP contribution is 2.45. The molecule has 10 heterocycles. The maximum atomic E-state index is 13.9. The lowest BCUT2D eigenvalue weighted by Crippen LogP contribution is -2.71. The molecular formula is C77H125F2N5O55. The second-order valence-corrected chi connectivity index (χ2v) is 34.7. The number of carboxylic acid groups (broad SMARTS) is 2. The van der Waals surface area contributed by atoms with E-state index < -0.39 is 438 Å². The molecule has 0 aromatic heterocycles. The highest BCUT2D eigenvalue weighted by Gasteiger charge is 2.66. The zero-order valence-corrected chi connectivity index (χ0v) is 74.7. The molecule has 62 heteroatoms. The Balaban J connectivity index is 0.937. The summed E-state index contributed by atoms with van der Waals surface area (Å²) < 4.78 is 146. The topological polar surface area (TPSA) is 931 Å². The summed E-state index contributed by atoms with van der Waals surface area (Å²) in [6.07, 6.45) is -106. The summed E-state index contributed by atoms with van der Waals surface area (Å²) in [7, 11) is 1.07. The van der Waals surface area contributed by atoms with E-state index in [0.717, 1.165) is 41.7 Å². The van der Waals surface area contributed by atoms with Gasteiger partial charge >= 0.3 is 11.9 Å². The third-order valence-corrected chi connectivity index (χ3v) is 25.0. The minimum atomic E-state index is -3.37. The zero-order valence-electron chi connectivity index (χ0n) is 74.7. The summed E-state index contributed by atoms with van der Waals surface area (Å²) in [5.41, 5.74) is 0. The summed E-state index contributed by atoms with van der Waals surface area (Å²) in [5.74, 6) is -15.9. The Bertz CT molecular complexity index is 3960. The van der Waals surface area contributed by atoms with Gasteiger partial charge in [-0.3, -0.25) is 24.0 Å². The lowest BCUT2D eigenvalue weighted by atomic mass is 9.88. The van der Waals surface area contributed by atoms with Gasteiger partial charge in [0.1, 0.15) is 245 Å². The van der Waals surface area contributed by atoms with Crippen molar-refractivity contribution in [1.82, 2.24) is 26.6 Å². The van der Waals surface area contributed by atoms with E-state index >= 15 is 0 Å². The van der Waals surface area contributed by atoms with Crippen molar-refractivity contribution in [3.05, 3.63) is 0 Å². The second kappa shape index (κ2) is 49.7. The van der Waals surface area contributed by atoms with Crippen molar-refractivity contribution in [2.24, 2.45) is 0 Å². The Hall–Kier alpha value is -5.69. The molecule has 0 aromatic rings. The van der Waals surface area contributed by atoms with Gasteiger partial charge in [0.2, 0.25) is 29.5 Å². The highest BCUT2D eigenvalue weighted by molar-refractivity contribution is 5.78. The monoisotopic (exact) mass is 2040 g/mol. The maximum Gasteiger partial charge on any atom is 0.364 e. The van der Waals surface area contributed by atoms with E-state index in [1.807, 2.05) is 0 Å². The number of carboxylic acids is 2. The van der Waals surface area contributed by atoms with Crippen LogP contribution in [0.2, 0.25) is 0 Å². The van der Waals surface area contributed by atoms with Crippen molar-refractivity contribution in [2.75, 3.05) is 73.3 Å². The molecule has 0 radical (unpaired) electrons. The van der Waals surface area contributed by atoms with Gasteiger partial charge in [-0.05, 0) is 0 Å². The number of carbonyl (C=O) groups excluding carboxylic acids is 5. The van der Waals surface area contributed by atoms with Gasteiger partial charge in [-0.2, -0.15) is 0 Å². The molecule has 10 aliphatic heterocycles. The van der Waals surface area contributed by atoms with Gasteiger partial charge in [0, 0.05) is 54.6 Å². The van der Waals surface area contributed by atoms with Crippen molar-refractivity contribution in [3.8, 4) is 0 Å². The fourth-order valence-corrected chi connectivity index (χ4v) is 17.9. The molecule has 52 atom stereocenters. The predicted octanol–water partition coefficient (Wildman–Crippen LogP) is -21.1. The number of carbonyl (C=O) groups is 7. The van der Waals surface area contributed by atoms with Crippen LogP contribution in [0.25, 0.3) is 0 Å². The van der Waals surface area contributed by atoms with Crippen LogP contribution in [0.1, 0.15) is 47.5 Å². The number of nitrogens with one attached hydrogen (secondary N) is 5. The van der Waals surface area contributed by atoms with Gasteiger partial charge in [0.15, 0.2) is 50.3 Å². The van der Waals surface area contributed by atoms with Crippen LogP contribution in [0.5, 0.6) is 0 Å². The standard InChI is InChI=1S/C77H125F2N5O55/c1-19(92)80-36-24(97)7-76(74(116)117,136-59(36)41(101)26(99)9-78)138-62-45(105)30(13-87)122-70(54(62)114)131-57-33(16-90)127-67(39(49(57)109)83-22(4)95)134-64-51(111)43(103)28(11-85)124-72(64)121-18-35-47(107)61(53(113)69(129-35)130-56-32(15-89)126-66(120-6)38(48(56)108)82-21(3)94)133-73-65(52(112)44(104)29(12-86)125-73)135-68-40(84-23(5)96)50(110)58(34(17-91)128-68)132-71-55(115)63(46(106)31(14-88)123-71)139-77(75(118)119)8-25(98)37(81-20(2)93)60(137-77)42(102)27(100)10-79/h24-73,85-91,97-115H,7-18H2,1-6H3,(H,80,92)(H,81,93)(H,82,94)(H,83,95)(H,84,96)(H,116,117)(H,118,119)/t24?,25?,26-,27-,28?,29?,30?,31?,32?,33?,34?,35?,36?,37?,38?,39?,40?,41-,42-,43?,44?,45?,46?,47?,48?,49?,50?,51?,52?,53?,54?,55?,56?,57?,58?,59?,60?,61?,62?,63?,64?,65?,66?,67?,68?,69?,70?,71?,72?,73?,76?,77?/m1/s1. The Labute approximate surface area is 784 Å². The van der Waals surface area contributed by atoms with Crippen LogP contribution in [0.15, 0.2) is 0 Å². The second-order valence-electron chi connectivity index (χ2n) is 34.7. The van der Waals surface area contributed by atoms with E-state index in [1.165, 1.54) is 0 Å². The van der Waals surface area contributed by atoms with Crippen LogP contribution in [0.4, 0.5) is 8.78 Å². The average Bonchev–Trinajstić information content (AvgIpc) is 0.752. The Morgan fingerprint density at radius 2 is 0.583 bits per heavy atom. The summed E-state index contributed by atoms with van der Waals surface area (Å²) >= 11 is 0. The van der Waals surface area contributed by atoms with Crippen molar-refractivity contribution in [1.29, 1.82) is 0 Å². The van der Waals surface area contributed by atoms with Crippen molar-refractivity contribution >= 4 is 41.5 Å². The number of halogens is 2. The minimum Gasteiger partial charge on any atom is -0.477 e. The normalized spacial score (nSPS) is 45.9. The Morgan fingerprint density at radius 3 is 0.906 bits per heavy atom. The molecule has 139 heavy (non-hydrogen) atoms. The number of aliphatic hydroxyl groups is 26. The van der Waals surface area contributed by atoms with E-state index in [1.54, 1.807) is 0 Å². The molecule has 0 aliphatic carbocycles. The van der Waals surface area contributed by atoms with Crippen LogP contribution in [-0.2, 0) is 128 Å². The molecule has 48 unspecified atom stereocenters.